The zero-order valence-corrected chi connectivity index (χ0v) is 14.6. The molecule has 0 fully saturated rings. The van der Waals surface area contributed by atoms with Crippen molar-refractivity contribution in [3.05, 3.63) is 94.2 Å². The molecule has 0 amide bonds. The summed E-state index contributed by atoms with van der Waals surface area (Å²) >= 11 is 0. The van der Waals surface area contributed by atoms with Crippen LogP contribution >= 0.6 is 0 Å². The van der Waals surface area contributed by atoms with Gasteiger partial charge in [0.1, 0.15) is 0 Å². The van der Waals surface area contributed by atoms with E-state index < -0.39 is 0 Å². The van der Waals surface area contributed by atoms with Crippen LogP contribution in [0.15, 0.2) is 71.8 Å². The molecule has 0 unspecified atom stereocenters. The second kappa shape index (κ2) is 6.38. The molecule has 0 N–H and O–H groups in total. The van der Waals surface area contributed by atoms with Gasteiger partial charge in [0.15, 0.2) is 0 Å². The Bertz CT molecular complexity index is 1220. The quantitative estimate of drug-likeness (QED) is 0.499. The van der Waals surface area contributed by atoms with Gasteiger partial charge in [-0.2, -0.15) is 5.10 Å². The highest BCUT2D eigenvalue weighted by Crippen LogP contribution is 2.18. The largest absolute Gasteiger partial charge is 0.281 e. The second-order valence-corrected chi connectivity index (χ2v) is 6.18. The molecule has 0 saturated carbocycles. The fourth-order valence-electron chi connectivity index (χ4n) is 3.12. The summed E-state index contributed by atoms with van der Waals surface area (Å²) < 4.78 is 3.44. The molecule has 4 heteroatoms. The van der Waals surface area contributed by atoms with Crippen LogP contribution in [0.5, 0.6) is 0 Å². The van der Waals surface area contributed by atoms with Crippen LogP contribution in [0, 0.1) is 18.8 Å². The van der Waals surface area contributed by atoms with Crippen LogP contribution in [0.2, 0.25) is 0 Å². The molecular formula is C22H17N3O. The van der Waals surface area contributed by atoms with Gasteiger partial charge in [0.2, 0.25) is 0 Å². The third-order valence-corrected chi connectivity index (χ3v) is 4.29. The Labute approximate surface area is 151 Å². The van der Waals surface area contributed by atoms with E-state index in [4.69, 9.17) is 0 Å². The first kappa shape index (κ1) is 15.9. The van der Waals surface area contributed by atoms with E-state index in [2.05, 4.69) is 16.9 Å². The third kappa shape index (κ3) is 2.80. The lowest BCUT2D eigenvalue weighted by atomic mass is 10.0. The smallest absolute Gasteiger partial charge is 0.264 e. The Morgan fingerprint density at radius 2 is 1.81 bits per heavy atom. The maximum atomic E-state index is 13.3. The molecule has 0 bridgehead atoms. The summed E-state index contributed by atoms with van der Waals surface area (Å²) in [7, 11) is 1.85. The first-order chi connectivity index (χ1) is 12.6. The monoisotopic (exact) mass is 339 g/mol. The number of hydrogen-bond acceptors (Lipinski definition) is 2. The summed E-state index contributed by atoms with van der Waals surface area (Å²) in [6.07, 6.45) is 3.56. The lowest BCUT2D eigenvalue weighted by Gasteiger charge is -2.12. The summed E-state index contributed by atoms with van der Waals surface area (Å²) in [6.45, 7) is 1.95. The highest BCUT2D eigenvalue weighted by Gasteiger charge is 2.11. The zero-order valence-electron chi connectivity index (χ0n) is 14.6. The van der Waals surface area contributed by atoms with E-state index in [1.54, 1.807) is 15.4 Å². The molecule has 0 spiro atoms. The molecule has 4 rings (SSSR count). The highest BCUT2D eigenvalue weighted by molar-refractivity contribution is 5.88. The Morgan fingerprint density at radius 1 is 1.00 bits per heavy atom. The highest BCUT2D eigenvalue weighted by atomic mass is 16.1. The number of nitrogens with zero attached hydrogens (tertiary/aromatic N) is 3. The predicted octanol–water partition coefficient (Wildman–Crippen LogP) is 3.43. The number of fused-ring (bicyclic) bond motifs is 1. The normalized spacial score (nSPS) is 10.5. The predicted molar refractivity (Wildman–Crippen MR) is 103 cm³/mol. The van der Waals surface area contributed by atoms with E-state index in [0.29, 0.717) is 5.39 Å². The van der Waals surface area contributed by atoms with Gasteiger partial charge < -0.3 is 0 Å². The van der Waals surface area contributed by atoms with Crippen molar-refractivity contribution >= 4 is 10.8 Å². The summed E-state index contributed by atoms with van der Waals surface area (Å²) in [5.74, 6) is 6.23. The fourth-order valence-corrected chi connectivity index (χ4v) is 3.12. The molecule has 4 nitrogen and oxygen atoms in total. The van der Waals surface area contributed by atoms with Crippen LogP contribution in [0.3, 0.4) is 0 Å². The molecule has 0 aliphatic rings. The Hall–Kier alpha value is -3.58. The summed E-state index contributed by atoms with van der Waals surface area (Å²) in [6, 6.07) is 17.5. The maximum absolute atomic E-state index is 13.3. The Balaban J connectivity index is 1.96. The number of rotatable bonds is 1. The zero-order chi connectivity index (χ0) is 18.1. The van der Waals surface area contributed by atoms with Gasteiger partial charge in [-0.1, -0.05) is 42.2 Å². The van der Waals surface area contributed by atoms with Crippen molar-refractivity contribution < 1.29 is 0 Å². The van der Waals surface area contributed by atoms with Crippen LogP contribution in [0.25, 0.3) is 16.5 Å². The number of hydrogen-bond donors (Lipinski definition) is 0. The number of aromatic nitrogens is 3. The van der Waals surface area contributed by atoms with Gasteiger partial charge in [-0.15, -0.1) is 0 Å². The lowest BCUT2D eigenvalue weighted by Crippen LogP contribution is -2.21. The van der Waals surface area contributed by atoms with Crippen molar-refractivity contribution in [1.82, 2.24) is 14.3 Å². The Morgan fingerprint density at radius 3 is 2.54 bits per heavy atom. The van der Waals surface area contributed by atoms with E-state index in [-0.39, 0.29) is 5.56 Å². The van der Waals surface area contributed by atoms with E-state index >= 15 is 0 Å². The number of para-hydroxylation sites is 1. The molecule has 4 aromatic rings. The van der Waals surface area contributed by atoms with Crippen LogP contribution in [0.1, 0.15) is 16.8 Å². The van der Waals surface area contributed by atoms with Gasteiger partial charge in [-0.25, -0.2) is 0 Å². The molecule has 2 aromatic heterocycles. The maximum Gasteiger partial charge on any atom is 0.264 e. The van der Waals surface area contributed by atoms with Crippen LogP contribution in [0.4, 0.5) is 0 Å². The van der Waals surface area contributed by atoms with Crippen LogP contribution in [-0.4, -0.2) is 14.3 Å². The minimum absolute atomic E-state index is 0.0534. The third-order valence-electron chi connectivity index (χ3n) is 4.29. The SMILES string of the molecule is Cc1cc2cccc(C#Cc3cnn(C)c3)c2c(=O)n1-c1ccccc1. The van der Waals surface area contributed by atoms with Crippen molar-refractivity contribution in [3.63, 3.8) is 0 Å². The fraction of sp³-hybridized carbons (Fsp3) is 0.0909. The topological polar surface area (TPSA) is 39.8 Å². The molecule has 26 heavy (non-hydrogen) atoms. The van der Waals surface area contributed by atoms with Gasteiger partial charge in [-0.05, 0) is 36.6 Å². The van der Waals surface area contributed by atoms with E-state index in [1.807, 2.05) is 74.8 Å². The minimum Gasteiger partial charge on any atom is -0.281 e. The minimum atomic E-state index is -0.0534. The molecule has 0 saturated heterocycles. The van der Waals surface area contributed by atoms with Gasteiger partial charge >= 0.3 is 0 Å². The lowest BCUT2D eigenvalue weighted by molar-refractivity contribution is 0.767. The standard InChI is InChI=1S/C22H17N3O/c1-16-13-19-8-6-7-18(12-11-17-14-23-24(2)15-17)21(19)22(26)25(16)20-9-4-3-5-10-20/h3-10,13-15H,1-2H3. The molecule has 0 aliphatic heterocycles. The molecule has 0 radical (unpaired) electrons. The number of benzene rings is 2. The summed E-state index contributed by atoms with van der Waals surface area (Å²) in [5, 5.41) is 5.66. The van der Waals surface area contributed by atoms with Gasteiger partial charge in [-0.3, -0.25) is 14.0 Å². The molecular weight excluding hydrogens is 322 g/mol. The summed E-state index contributed by atoms with van der Waals surface area (Å²) in [4.78, 5) is 13.3. The van der Waals surface area contributed by atoms with Crippen LogP contribution in [-0.2, 0) is 7.05 Å². The number of aryl methyl sites for hydroxylation is 2. The molecule has 2 aromatic carbocycles. The van der Waals surface area contributed by atoms with Crippen molar-refractivity contribution in [1.29, 1.82) is 0 Å². The molecule has 126 valence electrons. The average Bonchev–Trinajstić information content (AvgIpc) is 3.06. The Kier molecular flexibility index (Phi) is 3.91. The second-order valence-electron chi connectivity index (χ2n) is 6.18. The van der Waals surface area contributed by atoms with Crippen molar-refractivity contribution in [2.24, 2.45) is 7.05 Å². The van der Waals surface area contributed by atoms with Gasteiger partial charge in [0.25, 0.3) is 5.56 Å². The average molecular weight is 339 g/mol. The van der Waals surface area contributed by atoms with Crippen LogP contribution < -0.4 is 5.56 Å². The van der Waals surface area contributed by atoms with E-state index in [0.717, 1.165) is 27.9 Å². The molecule has 0 atom stereocenters. The van der Waals surface area contributed by atoms with Crippen molar-refractivity contribution in [2.45, 2.75) is 6.92 Å². The molecule has 2 heterocycles. The molecule has 0 aliphatic carbocycles. The summed E-state index contributed by atoms with van der Waals surface area (Å²) in [5.41, 5.74) is 3.24. The van der Waals surface area contributed by atoms with Crippen molar-refractivity contribution in [2.75, 3.05) is 0 Å². The van der Waals surface area contributed by atoms with Gasteiger partial charge in [0.05, 0.1) is 17.1 Å². The first-order valence-corrected chi connectivity index (χ1v) is 8.35. The van der Waals surface area contributed by atoms with E-state index in [1.165, 1.54) is 0 Å². The van der Waals surface area contributed by atoms with E-state index in [9.17, 15) is 4.79 Å². The van der Waals surface area contributed by atoms with Gasteiger partial charge in [0, 0.05) is 30.2 Å². The number of pyridine rings is 1. The first-order valence-electron chi connectivity index (χ1n) is 8.35. The van der Waals surface area contributed by atoms with Crippen molar-refractivity contribution in [3.8, 4) is 17.5 Å².